The fourth-order valence-corrected chi connectivity index (χ4v) is 3.08. The summed E-state index contributed by atoms with van der Waals surface area (Å²) in [7, 11) is 1.72. The zero-order valence-corrected chi connectivity index (χ0v) is 15.3. The fourth-order valence-electron chi connectivity index (χ4n) is 2.87. The van der Waals surface area contributed by atoms with Crippen molar-refractivity contribution in [3.05, 3.63) is 54.1 Å². The summed E-state index contributed by atoms with van der Waals surface area (Å²) in [5.41, 5.74) is 2.50. The molecule has 0 spiro atoms. The third kappa shape index (κ3) is 4.48. The highest BCUT2D eigenvalue weighted by Crippen LogP contribution is 2.31. The maximum Gasteiger partial charge on any atom is 0.166 e. The molecule has 0 saturated carbocycles. The minimum atomic E-state index is 0.723. The van der Waals surface area contributed by atoms with Gasteiger partial charge in [-0.05, 0) is 53.9 Å². The molecule has 3 nitrogen and oxygen atoms in total. The summed E-state index contributed by atoms with van der Waals surface area (Å²) in [4.78, 5) is 0. The Morgan fingerprint density at radius 2 is 2.00 bits per heavy atom. The molecule has 0 fully saturated rings. The molecule has 24 heavy (non-hydrogen) atoms. The Kier molecular flexibility index (Phi) is 7.07. The maximum atomic E-state index is 5.55. The van der Waals surface area contributed by atoms with Crippen LogP contribution in [0.15, 0.2) is 43.0 Å². The van der Waals surface area contributed by atoms with Crippen LogP contribution in [0.2, 0.25) is 0 Å². The second-order valence-corrected chi connectivity index (χ2v) is 6.10. The highest BCUT2D eigenvalue weighted by atomic mass is 32.1. The number of benzene rings is 2. The van der Waals surface area contributed by atoms with E-state index in [1.165, 1.54) is 21.9 Å². The maximum absolute atomic E-state index is 5.55. The first-order valence-electron chi connectivity index (χ1n) is 8.41. The Hall–Kier alpha value is -2.07. The number of hydrogen-bond acceptors (Lipinski definition) is 2. The summed E-state index contributed by atoms with van der Waals surface area (Å²) >= 11 is 5.28. The van der Waals surface area contributed by atoms with Crippen molar-refractivity contribution in [1.29, 1.82) is 0 Å². The second-order valence-electron chi connectivity index (χ2n) is 5.69. The fraction of sp³-hybridized carbons (Fsp3) is 0.350. The smallest absolute Gasteiger partial charge is 0.166 e. The SMILES string of the molecule is C=CCc1c(OC)ccc2cccc(CCNC(=S)NCCC)c12. The quantitative estimate of drug-likeness (QED) is 0.561. The molecule has 4 heteroatoms. The van der Waals surface area contributed by atoms with Crippen LogP contribution in [0.5, 0.6) is 5.75 Å². The predicted molar refractivity (Wildman–Crippen MR) is 107 cm³/mol. The number of thiocarbonyl (C=S) groups is 1. The predicted octanol–water partition coefficient (Wildman–Crippen LogP) is 3.99. The number of hydrogen-bond donors (Lipinski definition) is 2. The Balaban J connectivity index is 2.23. The van der Waals surface area contributed by atoms with Gasteiger partial charge in [-0.15, -0.1) is 6.58 Å². The summed E-state index contributed by atoms with van der Waals surface area (Å²) in [6.45, 7) is 7.72. The van der Waals surface area contributed by atoms with Crippen molar-refractivity contribution in [2.24, 2.45) is 0 Å². The lowest BCUT2D eigenvalue weighted by Crippen LogP contribution is -2.36. The van der Waals surface area contributed by atoms with Crippen LogP contribution in [0, 0.1) is 0 Å². The van der Waals surface area contributed by atoms with E-state index >= 15 is 0 Å². The van der Waals surface area contributed by atoms with E-state index in [0.717, 1.165) is 43.2 Å². The molecule has 2 N–H and O–H groups in total. The molecule has 0 bridgehead atoms. The van der Waals surface area contributed by atoms with Crippen LogP contribution in [0.1, 0.15) is 24.5 Å². The van der Waals surface area contributed by atoms with Gasteiger partial charge in [0, 0.05) is 18.7 Å². The number of ether oxygens (including phenoxy) is 1. The lowest BCUT2D eigenvalue weighted by atomic mass is 9.95. The summed E-state index contributed by atoms with van der Waals surface area (Å²) in [5, 5.41) is 9.70. The lowest BCUT2D eigenvalue weighted by Gasteiger charge is -2.15. The molecule has 2 rings (SSSR count). The number of nitrogens with one attached hydrogen (secondary N) is 2. The van der Waals surface area contributed by atoms with Crippen LogP contribution in [-0.2, 0) is 12.8 Å². The van der Waals surface area contributed by atoms with E-state index in [1.807, 2.05) is 12.1 Å². The van der Waals surface area contributed by atoms with E-state index in [4.69, 9.17) is 17.0 Å². The third-order valence-electron chi connectivity index (χ3n) is 3.98. The molecule has 0 aromatic heterocycles. The van der Waals surface area contributed by atoms with Crippen LogP contribution < -0.4 is 15.4 Å². The number of methoxy groups -OCH3 is 1. The number of rotatable bonds is 8. The first-order chi connectivity index (χ1) is 11.7. The van der Waals surface area contributed by atoms with Gasteiger partial charge in [0.05, 0.1) is 7.11 Å². The Bertz CT molecular complexity index is 712. The van der Waals surface area contributed by atoms with Crippen LogP contribution in [0.3, 0.4) is 0 Å². The van der Waals surface area contributed by atoms with Gasteiger partial charge in [0.1, 0.15) is 5.75 Å². The molecule has 0 saturated heterocycles. The molecule has 0 aliphatic carbocycles. The standard InChI is InChI=1S/C20H26N2OS/c1-4-7-17-18(23-3)11-10-15-8-6-9-16(19(15)17)12-14-22-20(24)21-13-5-2/h4,6,8-11H,1,5,7,12-14H2,2-3H3,(H2,21,22,24). The second kappa shape index (κ2) is 9.28. The van der Waals surface area contributed by atoms with Crippen molar-refractivity contribution in [2.45, 2.75) is 26.2 Å². The van der Waals surface area contributed by atoms with E-state index in [1.54, 1.807) is 7.11 Å². The molecule has 2 aromatic rings. The summed E-state index contributed by atoms with van der Waals surface area (Å²) < 4.78 is 5.55. The molecule has 0 heterocycles. The zero-order chi connectivity index (χ0) is 17.4. The van der Waals surface area contributed by atoms with E-state index in [9.17, 15) is 0 Å². The lowest BCUT2D eigenvalue weighted by molar-refractivity contribution is 0.411. The van der Waals surface area contributed by atoms with Crippen molar-refractivity contribution < 1.29 is 4.74 Å². The van der Waals surface area contributed by atoms with Crippen LogP contribution >= 0.6 is 12.2 Å². The van der Waals surface area contributed by atoms with Crippen molar-refractivity contribution in [1.82, 2.24) is 10.6 Å². The van der Waals surface area contributed by atoms with Crippen molar-refractivity contribution in [2.75, 3.05) is 20.2 Å². The molecule has 0 unspecified atom stereocenters. The Morgan fingerprint density at radius 3 is 2.71 bits per heavy atom. The number of fused-ring (bicyclic) bond motifs is 1. The average Bonchev–Trinajstić information content (AvgIpc) is 2.60. The van der Waals surface area contributed by atoms with Gasteiger partial charge in [-0.3, -0.25) is 0 Å². The van der Waals surface area contributed by atoms with Gasteiger partial charge in [0.15, 0.2) is 5.11 Å². The van der Waals surface area contributed by atoms with Gasteiger partial charge in [0.25, 0.3) is 0 Å². The topological polar surface area (TPSA) is 33.3 Å². The Morgan fingerprint density at radius 1 is 1.21 bits per heavy atom. The molecule has 0 aliphatic heterocycles. The first kappa shape index (κ1) is 18.3. The summed E-state index contributed by atoms with van der Waals surface area (Å²) in [6, 6.07) is 10.6. The normalized spacial score (nSPS) is 10.4. The third-order valence-corrected chi connectivity index (χ3v) is 4.27. The molecular weight excluding hydrogens is 316 g/mol. The monoisotopic (exact) mass is 342 g/mol. The van der Waals surface area contributed by atoms with Gasteiger partial charge in [0.2, 0.25) is 0 Å². The van der Waals surface area contributed by atoms with E-state index in [2.05, 4.69) is 48.4 Å². The Labute approximate surface area is 150 Å². The summed E-state index contributed by atoms with van der Waals surface area (Å²) in [6.07, 6.45) is 4.69. The molecule has 128 valence electrons. The van der Waals surface area contributed by atoms with E-state index in [-0.39, 0.29) is 0 Å². The zero-order valence-electron chi connectivity index (χ0n) is 14.5. The van der Waals surface area contributed by atoms with Crippen molar-refractivity contribution in [3.63, 3.8) is 0 Å². The van der Waals surface area contributed by atoms with Gasteiger partial charge in [-0.2, -0.15) is 0 Å². The molecule has 0 aliphatic rings. The summed E-state index contributed by atoms with van der Waals surface area (Å²) in [5.74, 6) is 0.919. The molecule has 2 aromatic carbocycles. The first-order valence-corrected chi connectivity index (χ1v) is 8.82. The number of allylic oxidation sites excluding steroid dienone is 1. The highest BCUT2D eigenvalue weighted by Gasteiger charge is 2.11. The van der Waals surface area contributed by atoms with Crippen LogP contribution in [-0.4, -0.2) is 25.3 Å². The van der Waals surface area contributed by atoms with Gasteiger partial charge in [-0.25, -0.2) is 0 Å². The van der Waals surface area contributed by atoms with E-state index < -0.39 is 0 Å². The van der Waals surface area contributed by atoms with Crippen molar-refractivity contribution in [3.8, 4) is 5.75 Å². The molecular formula is C20H26N2OS. The van der Waals surface area contributed by atoms with Crippen molar-refractivity contribution >= 4 is 28.1 Å². The minimum Gasteiger partial charge on any atom is -0.496 e. The minimum absolute atomic E-state index is 0.723. The molecule has 0 atom stereocenters. The molecule has 0 amide bonds. The molecule has 0 radical (unpaired) electrons. The van der Waals surface area contributed by atoms with Gasteiger partial charge >= 0.3 is 0 Å². The average molecular weight is 343 g/mol. The highest BCUT2D eigenvalue weighted by molar-refractivity contribution is 7.80. The van der Waals surface area contributed by atoms with Crippen LogP contribution in [0.4, 0.5) is 0 Å². The van der Waals surface area contributed by atoms with Crippen LogP contribution in [0.25, 0.3) is 10.8 Å². The largest absolute Gasteiger partial charge is 0.496 e. The van der Waals surface area contributed by atoms with E-state index in [0.29, 0.717) is 0 Å². The van der Waals surface area contributed by atoms with Gasteiger partial charge < -0.3 is 15.4 Å². The van der Waals surface area contributed by atoms with Gasteiger partial charge in [-0.1, -0.05) is 37.3 Å².